The van der Waals surface area contributed by atoms with Gasteiger partial charge >= 0.3 is 0 Å². The molecule has 0 saturated carbocycles. The van der Waals surface area contributed by atoms with Crippen molar-refractivity contribution in [2.45, 2.75) is 202 Å². The lowest BCUT2D eigenvalue weighted by molar-refractivity contribution is -0.119. The van der Waals surface area contributed by atoms with Crippen LogP contribution in [-0.2, 0) is 19.1 Å². The molecule has 0 radical (unpaired) electrons. The molecule has 2 atom stereocenters. The second-order valence-electron chi connectivity index (χ2n) is 15.8. The summed E-state index contributed by atoms with van der Waals surface area (Å²) in [6.45, 7) is 30.8. The van der Waals surface area contributed by atoms with Crippen LogP contribution < -0.4 is 0 Å². The molecular formula is C42H82BBrO4Si2. The second kappa shape index (κ2) is 34.0. The van der Waals surface area contributed by atoms with E-state index < -0.39 is 0 Å². The molecule has 4 nitrogen and oxygen atoms in total. The minimum Gasteiger partial charge on any atom is -0.368 e. The maximum absolute atomic E-state index is 11.9. The number of hydrogen-bond acceptors (Lipinski definition) is 4. The third-order valence-corrected chi connectivity index (χ3v) is 7.50. The number of ether oxygens (including phenoxy) is 2. The van der Waals surface area contributed by atoms with Gasteiger partial charge in [0.25, 0.3) is 0 Å². The number of alkyl halides is 1. The lowest BCUT2D eigenvalue weighted by Gasteiger charge is -2.23. The molecule has 0 heterocycles. The van der Waals surface area contributed by atoms with Gasteiger partial charge in [-0.15, -0.1) is 5.98 Å². The van der Waals surface area contributed by atoms with E-state index in [0.717, 1.165) is 30.7 Å². The first-order chi connectivity index (χ1) is 23.4. The van der Waals surface area contributed by atoms with Gasteiger partial charge in [0.15, 0.2) is 18.3 Å². The van der Waals surface area contributed by atoms with Gasteiger partial charge in [0.2, 0.25) is 0 Å². The molecule has 0 aromatic rings. The Labute approximate surface area is 325 Å². The van der Waals surface area contributed by atoms with Crippen molar-refractivity contribution in [3.63, 3.8) is 0 Å². The van der Waals surface area contributed by atoms with E-state index in [9.17, 15) is 9.59 Å². The fourth-order valence-electron chi connectivity index (χ4n) is 4.82. The van der Waals surface area contributed by atoms with Crippen LogP contribution in [0, 0.1) is 0 Å². The minimum absolute atomic E-state index is 0.0277. The van der Waals surface area contributed by atoms with Crippen LogP contribution in [0.5, 0.6) is 0 Å². The summed E-state index contributed by atoms with van der Waals surface area (Å²) in [4.78, 5) is 23.2. The molecule has 0 saturated heterocycles. The van der Waals surface area contributed by atoms with E-state index >= 15 is 0 Å². The Morgan fingerprint density at radius 1 is 0.700 bits per heavy atom. The van der Waals surface area contributed by atoms with Crippen molar-refractivity contribution in [3.05, 3.63) is 47.5 Å². The number of halogens is 1. The zero-order chi connectivity index (χ0) is 39.0. The maximum atomic E-state index is 11.9. The molecule has 8 heteroatoms. The molecule has 0 aliphatic heterocycles. The lowest BCUT2D eigenvalue weighted by atomic mass is 9.55. The van der Waals surface area contributed by atoms with Crippen molar-refractivity contribution in [1.29, 1.82) is 0 Å². The summed E-state index contributed by atoms with van der Waals surface area (Å²) in [5, 5.41) is 0.635. The van der Waals surface area contributed by atoms with Crippen molar-refractivity contribution in [1.82, 2.24) is 0 Å². The number of unbranched alkanes of at least 4 members (excludes halogenated alkanes) is 8. The number of hydrogen-bond donors (Lipinski definition) is 0. The van der Waals surface area contributed by atoms with Gasteiger partial charge in [-0.2, -0.15) is 0 Å². The fraction of sp³-hybridized carbons (Fsp3) is 0.762. The van der Waals surface area contributed by atoms with Crippen LogP contribution in [0.3, 0.4) is 0 Å². The topological polar surface area (TPSA) is 52.6 Å². The molecule has 0 aromatic carbocycles. The lowest BCUT2D eigenvalue weighted by Crippen LogP contribution is -2.25. The van der Waals surface area contributed by atoms with Crippen LogP contribution in [0.2, 0.25) is 39.8 Å². The molecule has 50 heavy (non-hydrogen) atoms. The van der Waals surface area contributed by atoms with Gasteiger partial charge in [-0.25, -0.2) is 0 Å². The molecule has 0 amide bonds. The smallest absolute Gasteiger partial charge is 0.162 e. The number of carbonyl (C=O) groups is 2. The average molecular weight is 798 g/mol. The first-order valence-electron chi connectivity index (χ1n) is 20.2. The van der Waals surface area contributed by atoms with Crippen LogP contribution in [-0.4, -0.2) is 66.1 Å². The number of ketones is 2. The molecule has 2 rings (SSSR count). The van der Waals surface area contributed by atoms with Gasteiger partial charge in [-0.1, -0.05) is 126 Å². The molecule has 0 bridgehead atoms. The van der Waals surface area contributed by atoms with E-state index in [1.807, 2.05) is 53.7 Å². The summed E-state index contributed by atoms with van der Waals surface area (Å²) < 4.78 is 11.5. The summed E-state index contributed by atoms with van der Waals surface area (Å²) in [7, 11) is 0.833. The Morgan fingerprint density at radius 3 is 1.46 bits per heavy atom. The molecular weight excluding hydrogens is 715 g/mol. The third kappa shape index (κ3) is 37.0. The predicted octanol–water partition coefficient (Wildman–Crippen LogP) is 11.8. The summed E-state index contributed by atoms with van der Waals surface area (Å²) in [5.74, 6) is 2.74. The number of allylic oxidation sites excluding steroid dienone is 5. The van der Waals surface area contributed by atoms with Crippen LogP contribution in [0.15, 0.2) is 47.5 Å². The van der Waals surface area contributed by atoms with Crippen LogP contribution in [0.4, 0.5) is 0 Å². The Morgan fingerprint density at radius 2 is 1.10 bits per heavy atom. The number of carbonyl (C=O) groups excluding carboxylic acids is 2. The maximum Gasteiger partial charge on any atom is 0.162 e. The Balaban J connectivity index is -0.000000639. The van der Waals surface area contributed by atoms with E-state index in [1.165, 1.54) is 57.8 Å². The van der Waals surface area contributed by atoms with E-state index in [1.54, 1.807) is 0 Å². The van der Waals surface area contributed by atoms with Gasteiger partial charge in [-0.3, -0.25) is 9.59 Å². The van der Waals surface area contributed by atoms with Crippen molar-refractivity contribution < 1.29 is 19.1 Å². The monoisotopic (exact) mass is 797 g/mol. The van der Waals surface area contributed by atoms with Crippen molar-refractivity contribution >= 4 is 53.2 Å². The zero-order valence-electron chi connectivity index (χ0n) is 35.5. The second-order valence-corrected chi connectivity index (χ2v) is 19.2. The van der Waals surface area contributed by atoms with Crippen molar-refractivity contribution in [3.8, 4) is 0 Å². The fourth-order valence-corrected chi connectivity index (χ4v) is 5.31. The largest absolute Gasteiger partial charge is 0.368 e. The Hall–Kier alpha value is -0.801. The normalized spacial score (nSPS) is 17.2. The summed E-state index contributed by atoms with van der Waals surface area (Å²) in [6.07, 6.45) is 25.4. The van der Waals surface area contributed by atoms with Gasteiger partial charge in [-0.05, 0) is 91.4 Å². The Kier molecular flexibility index (Phi) is 36.4. The molecule has 0 fully saturated rings. The van der Waals surface area contributed by atoms with Crippen molar-refractivity contribution in [2.24, 2.45) is 0 Å². The molecule has 2 aliphatic rings. The van der Waals surface area contributed by atoms with Crippen LogP contribution in [0.25, 0.3) is 0 Å². The number of Topliss-reactive ketones (excluding diaryl/α,β-unsaturated/α-hetero) is 2. The first-order valence-corrected chi connectivity index (χ1v) is 26.9. The van der Waals surface area contributed by atoms with E-state index in [4.69, 9.17) is 9.47 Å². The standard InChI is InChI=1S/C18H30O2.C10H21B.C10H15BrO2.2C2H8Si/c1-5-6-7-8-9-10-11-12-15-13-16(14-17(15)19)20-18(2,3)4;1-4-5-6-7-8-9-10-11(2)3;1-10(2,3)13-8-4-7(6-11)9(12)5-8;2*1-3-2/h10-11,13,16H,5-9,12,14H2,1-4H3;9-10H,4-8H2,1-3H3;4,8H,5-6H2,1-3H3;2*3H2,1-2H3/b11-10-;10-9-;;;. The number of rotatable bonds is 16. The van der Waals surface area contributed by atoms with Gasteiger partial charge in [0, 0.05) is 42.8 Å². The van der Waals surface area contributed by atoms with Gasteiger partial charge in [0.1, 0.15) is 0 Å². The highest BCUT2D eigenvalue weighted by atomic mass is 79.9. The molecule has 0 spiro atoms. The quantitative estimate of drug-likeness (QED) is 0.0675. The third-order valence-electron chi connectivity index (χ3n) is 6.89. The van der Waals surface area contributed by atoms with Crippen LogP contribution >= 0.6 is 15.9 Å². The zero-order valence-corrected chi connectivity index (χ0v) is 39.9. The molecule has 2 unspecified atom stereocenters. The summed E-state index contributed by atoms with van der Waals surface area (Å²) in [5.41, 5.74) is 1.40. The van der Waals surface area contributed by atoms with Crippen LogP contribution in [0.1, 0.15) is 139 Å². The van der Waals surface area contributed by atoms with Gasteiger partial charge in [0.05, 0.1) is 23.4 Å². The first kappa shape index (κ1) is 53.6. The predicted molar refractivity (Wildman–Crippen MR) is 237 cm³/mol. The SMILES string of the molecule is CC(C)(C)OC1C=C(CBr)C(=O)C1.CCCCCC/C=C\B(C)C.CCCCCC/C=C\CC1=CC(OC(C)(C)C)CC1=O.C[SiH2]C.C[SiH2]C. The highest BCUT2D eigenvalue weighted by Gasteiger charge is 2.28. The summed E-state index contributed by atoms with van der Waals surface area (Å²) >= 11 is 3.28. The summed E-state index contributed by atoms with van der Waals surface area (Å²) in [6, 6.07) is 0. The highest BCUT2D eigenvalue weighted by Crippen LogP contribution is 2.25. The molecule has 0 N–H and O–H groups in total. The highest BCUT2D eigenvalue weighted by molar-refractivity contribution is 9.09. The van der Waals surface area contributed by atoms with E-state index in [2.05, 4.69) is 93.8 Å². The average Bonchev–Trinajstić information content (AvgIpc) is 3.53. The van der Waals surface area contributed by atoms with E-state index in [-0.39, 0.29) is 35.0 Å². The van der Waals surface area contributed by atoms with Crippen molar-refractivity contribution in [2.75, 3.05) is 5.33 Å². The molecule has 0 aromatic heterocycles. The van der Waals surface area contributed by atoms with E-state index in [0.29, 0.717) is 37.2 Å². The minimum atomic E-state index is -0.188. The van der Waals surface area contributed by atoms with Gasteiger partial charge < -0.3 is 9.47 Å². The molecule has 292 valence electrons. The Bertz CT molecular complexity index is 960. The molecule has 2 aliphatic carbocycles.